The quantitative estimate of drug-likeness (QED) is 0.133. The highest BCUT2D eigenvalue weighted by molar-refractivity contribution is 7.80. The lowest BCUT2D eigenvalue weighted by atomic mass is 10.0. The summed E-state index contributed by atoms with van der Waals surface area (Å²) in [6, 6.07) is -4.76. The highest BCUT2D eigenvalue weighted by Crippen LogP contribution is 2.06. The zero-order chi connectivity index (χ0) is 25.1. The molecule has 0 fully saturated rings. The predicted octanol–water partition coefficient (Wildman–Crippen LogP) is -2.33. The lowest BCUT2D eigenvalue weighted by Crippen LogP contribution is -2.58. The van der Waals surface area contributed by atoms with Crippen molar-refractivity contribution >= 4 is 42.2 Å². The summed E-state index contributed by atoms with van der Waals surface area (Å²) in [4.78, 5) is 66.9. The van der Waals surface area contributed by atoms with Gasteiger partial charge in [-0.1, -0.05) is 13.8 Å². The summed E-state index contributed by atoms with van der Waals surface area (Å²) in [6.07, 6.45) is 2.59. The molecule has 14 heteroatoms. The van der Waals surface area contributed by atoms with E-state index in [2.05, 4.69) is 38.5 Å². The van der Waals surface area contributed by atoms with Gasteiger partial charge in [-0.2, -0.15) is 12.6 Å². The van der Waals surface area contributed by atoms with Gasteiger partial charge in [-0.05, 0) is 12.3 Å². The Balaban J connectivity index is 2.93. The molecule has 1 aromatic rings. The number of hydrogen-bond acceptors (Lipinski definition) is 8. The van der Waals surface area contributed by atoms with Crippen molar-refractivity contribution in [3.63, 3.8) is 0 Å². The van der Waals surface area contributed by atoms with Crippen molar-refractivity contribution in [2.24, 2.45) is 17.4 Å². The van der Waals surface area contributed by atoms with Gasteiger partial charge in [-0.15, -0.1) is 0 Å². The number of primary amides is 1. The van der Waals surface area contributed by atoms with Gasteiger partial charge in [-0.25, -0.2) is 9.78 Å². The van der Waals surface area contributed by atoms with Gasteiger partial charge in [0.1, 0.15) is 18.1 Å². The van der Waals surface area contributed by atoms with Gasteiger partial charge in [0.05, 0.1) is 18.8 Å². The average Bonchev–Trinajstić information content (AvgIpc) is 3.22. The molecule has 4 amide bonds. The lowest BCUT2D eigenvalue weighted by Gasteiger charge is -2.24. The second kappa shape index (κ2) is 13.4. The van der Waals surface area contributed by atoms with E-state index < -0.39 is 60.2 Å². The summed E-state index contributed by atoms with van der Waals surface area (Å²) in [6.45, 7) is 3.62. The maximum absolute atomic E-state index is 12.9. The first-order valence-corrected chi connectivity index (χ1v) is 10.8. The minimum Gasteiger partial charge on any atom is -0.480 e. The molecule has 0 aliphatic rings. The van der Waals surface area contributed by atoms with E-state index in [1.807, 2.05) is 13.8 Å². The van der Waals surface area contributed by atoms with Gasteiger partial charge in [0.2, 0.25) is 23.6 Å². The lowest BCUT2D eigenvalue weighted by molar-refractivity contribution is -0.142. The number of nitrogens with one attached hydrogen (secondary N) is 4. The molecular weight excluding hydrogens is 454 g/mol. The van der Waals surface area contributed by atoms with Crippen LogP contribution in [0.3, 0.4) is 0 Å². The molecule has 33 heavy (non-hydrogen) atoms. The van der Waals surface area contributed by atoms with Crippen LogP contribution in [0.1, 0.15) is 32.4 Å². The number of carboxylic acids is 1. The number of carbonyl (C=O) groups is 5. The van der Waals surface area contributed by atoms with Crippen molar-refractivity contribution in [2.45, 2.75) is 57.3 Å². The van der Waals surface area contributed by atoms with Crippen LogP contribution in [-0.4, -0.2) is 74.6 Å². The third-order valence-electron chi connectivity index (χ3n) is 4.51. The number of nitrogens with zero attached hydrogens (tertiary/aromatic N) is 1. The molecule has 0 aliphatic heterocycles. The number of imidazole rings is 1. The van der Waals surface area contributed by atoms with Crippen molar-refractivity contribution < 1.29 is 29.1 Å². The van der Waals surface area contributed by atoms with Crippen LogP contribution in [0.5, 0.6) is 0 Å². The van der Waals surface area contributed by atoms with Crippen molar-refractivity contribution in [3.05, 3.63) is 18.2 Å². The Labute approximate surface area is 196 Å². The molecule has 0 bridgehead atoms. The van der Waals surface area contributed by atoms with Crippen molar-refractivity contribution in [3.8, 4) is 0 Å². The molecule has 0 radical (unpaired) electrons. The van der Waals surface area contributed by atoms with Crippen LogP contribution < -0.4 is 27.4 Å². The van der Waals surface area contributed by atoms with E-state index in [1.165, 1.54) is 12.5 Å². The van der Waals surface area contributed by atoms with Gasteiger partial charge in [0, 0.05) is 24.1 Å². The number of aromatic amines is 1. The topological polar surface area (TPSA) is 222 Å². The summed E-state index contributed by atoms with van der Waals surface area (Å²) in [7, 11) is 0. The van der Waals surface area contributed by atoms with E-state index in [1.54, 1.807) is 0 Å². The number of aromatic nitrogens is 2. The van der Waals surface area contributed by atoms with Crippen LogP contribution in [0.15, 0.2) is 12.5 Å². The van der Waals surface area contributed by atoms with E-state index >= 15 is 0 Å². The van der Waals surface area contributed by atoms with Crippen molar-refractivity contribution in [2.75, 3.05) is 5.75 Å². The summed E-state index contributed by atoms with van der Waals surface area (Å²) in [5, 5.41) is 16.6. The first-order valence-electron chi connectivity index (χ1n) is 10.2. The van der Waals surface area contributed by atoms with Crippen LogP contribution in [0.2, 0.25) is 0 Å². The summed E-state index contributed by atoms with van der Waals surface area (Å²) >= 11 is 4.07. The van der Waals surface area contributed by atoms with E-state index in [4.69, 9.17) is 11.5 Å². The standard InChI is InChI=1S/C19H31N7O6S/c1-9(2)3-13(19(31)32)25-18(30)14(7-33)26-17(29)12(4-10-6-22-8-23-10)24-16(28)11(20)5-15(21)27/h6,8-9,11-14,33H,3-5,7,20H2,1-2H3,(H2,21,27)(H,22,23)(H,24,28)(H,25,30)(H,26,29)(H,31,32). The second-order valence-corrected chi connectivity index (χ2v) is 8.26. The normalized spacial score (nSPS) is 14.6. The van der Waals surface area contributed by atoms with Crippen molar-refractivity contribution in [1.82, 2.24) is 25.9 Å². The number of H-pyrrole nitrogens is 1. The molecule has 0 spiro atoms. The van der Waals surface area contributed by atoms with Gasteiger partial charge < -0.3 is 37.5 Å². The number of carboxylic acid groups (broad SMARTS) is 1. The zero-order valence-electron chi connectivity index (χ0n) is 18.4. The Morgan fingerprint density at radius 2 is 1.64 bits per heavy atom. The van der Waals surface area contributed by atoms with Crippen LogP contribution in [0.4, 0.5) is 0 Å². The number of carbonyl (C=O) groups excluding carboxylic acids is 4. The second-order valence-electron chi connectivity index (χ2n) is 7.89. The molecule has 0 saturated carbocycles. The molecular formula is C19H31N7O6S. The summed E-state index contributed by atoms with van der Waals surface area (Å²) < 4.78 is 0. The first kappa shape index (κ1) is 27.9. The minimum atomic E-state index is -1.27. The van der Waals surface area contributed by atoms with E-state index in [0.717, 1.165) is 0 Å². The van der Waals surface area contributed by atoms with Gasteiger partial charge in [0.15, 0.2) is 0 Å². The fourth-order valence-corrected chi connectivity index (χ4v) is 3.10. The fraction of sp³-hybridized carbons (Fsp3) is 0.579. The third-order valence-corrected chi connectivity index (χ3v) is 4.87. The number of nitrogens with two attached hydrogens (primary N) is 2. The van der Waals surface area contributed by atoms with E-state index in [-0.39, 0.29) is 24.5 Å². The maximum atomic E-state index is 12.9. The van der Waals surface area contributed by atoms with Crippen LogP contribution >= 0.6 is 12.6 Å². The number of rotatable bonds is 14. The molecule has 4 unspecified atom stereocenters. The molecule has 1 rings (SSSR count). The maximum Gasteiger partial charge on any atom is 0.326 e. The Bertz CT molecular complexity index is 833. The highest BCUT2D eigenvalue weighted by atomic mass is 32.1. The third kappa shape index (κ3) is 9.91. The number of thiol groups is 1. The van der Waals surface area contributed by atoms with E-state index in [0.29, 0.717) is 5.69 Å². The summed E-state index contributed by atoms with van der Waals surface area (Å²) in [5.41, 5.74) is 11.2. The average molecular weight is 486 g/mol. The Kier molecular flexibility index (Phi) is 11.4. The monoisotopic (exact) mass is 485 g/mol. The SMILES string of the molecule is CC(C)CC(NC(=O)C(CS)NC(=O)C(Cc1cnc[nH]1)NC(=O)C(N)CC(N)=O)C(=O)O. The largest absolute Gasteiger partial charge is 0.480 e. The van der Waals surface area contributed by atoms with Gasteiger partial charge in [0.25, 0.3) is 0 Å². The molecule has 184 valence electrons. The van der Waals surface area contributed by atoms with Crippen LogP contribution in [0.25, 0.3) is 0 Å². The molecule has 4 atom stereocenters. The Morgan fingerprint density at radius 1 is 1.06 bits per heavy atom. The first-order chi connectivity index (χ1) is 15.4. The predicted molar refractivity (Wildman–Crippen MR) is 121 cm³/mol. The Morgan fingerprint density at radius 3 is 2.12 bits per heavy atom. The molecule has 9 N–H and O–H groups in total. The van der Waals surface area contributed by atoms with Crippen molar-refractivity contribution in [1.29, 1.82) is 0 Å². The van der Waals surface area contributed by atoms with Crippen LogP contribution in [-0.2, 0) is 30.4 Å². The Hall–Kier alpha value is -3.13. The molecule has 13 nitrogen and oxygen atoms in total. The van der Waals surface area contributed by atoms with Gasteiger partial charge in [-0.3, -0.25) is 19.2 Å². The van der Waals surface area contributed by atoms with Gasteiger partial charge >= 0.3 is 5.97 Å². The zero-order valence-corrected chi connectivity index (χ0v) is 19.3. The molecule has 1 heterocycles. The summed E-state index contributed by atoms with van der Waals surface area (Å²) in [5.74, 6) is -4.37. The molecule has 0 aromatic carbocycles. The molecule has 0 aliphatic carbocycles. The number of hydrogen-bond donors (Lipinski definition) is 8. The highest BCUT2D eigenvalue weighted by Gasteiger charge is 2.30. The number of aliphatic carboxylic acids is 1. The molecule has 0 saturated heterocycles. The smallest absolute Gasteiger partial charge is 0.326 e. The van der Waals surface area contributed by atoms with E-state index in [9.17, 15) is 29.1 Å². The fourth-order valence-electron chi connectivity index (χ4n) is 2.85. The molecule has 1 aromatic heterocycles. The minimum absolute atomic E-state index is 0.00838. The van der Waals surface area contributed by atoms with Crippen LogP contribution in [0, 0.1) is 5.92 Å². The number of amides is 4.